The number of hydrogen-bond acceptors (Lipinski definition) is 8. The van der Waals surface area contributed by atoms with Gasteiger partial charge in [0.2, 0.25) is 0 Å². The van der Waals surface area contributed by atoms with Gasteiger partial charge < -0.3 is 32.2 Å². The second-order valence-electron chi connectivity index (χ2n) is 6.12. The second kappa shape index (κ2) is 8.43. The van der Waals surface area contributed by atoms with Crippen LogP contribution in [0.3, 0.4) is 0 Å². The van der Waals surface area contributed by atoms with Crippen molar-refractivity contribution in [3.05, 3.63) is 10.1 Å². The van der Waals surface area contributed by atoms with Crippen molar-refractivity contribution in [2.24, 2.45) is 22.2 Å². The van der Waals surface area contributed by atoms with Crippen LogP contribution in [0.25, 0.3) is 0 Å². The molecule has 8 N–H and O–H groups in total. The van der Waals surface area contributed by atoms with Gasteiger partial charge in [0.05, 0.1) is 6.04 Å². The van der Waals surface area contributed by atoms with Crippen molar-refractivity contribution in [1.82, 2.24) is 5.01 Å². The number of rotatable bonds is 8. The monoisotopic (exact) mass is 364 g/mol. The Morgan fingerprint density at radius 3 is 2.24 bits per heavy atom. The van der Waals surface area contributed by atoms with E-state index in [4.69, 9.17) is 21.9 Å². The van der Waals surface area contributed by atoms with Crippen molar-refractivity contribution in [1.29, 1.82) is 0 Å². The first kappa shape index (κ1) is 22.3. The summed E-state index contributed by atoms with van der Waals surface area (Å²) in [5, 5.41) is 28.9. The molecule has 0 aromatic rings. The highest BCUT2D eigenvalue weighted by atomic mass is 16.7. The molecule has 13 nitrogen and oxygen atoms in total. The Bertz CT molecular complexity index is 543. The number of aliphatic carboxylic acids is 1. The Balaban J connectivity index is 5.53. The summed E-state index contributed by atoms with van der Waals surface area (Å²) in [6.07, 6.45) is -1.79. The van der Waals surface area contributed by atoms with E-state index in [1.165, 1.54) is 20.8 Å². The van der Waals surface area contributed by atoms with Gasteiger partial charge in [0.15, 0.2) is 11.0 Å². The van der Waals surface area contributed by atoms with Gasteiger partial charge in [-0.3, -0.25) is 4.99 Å². The van der Waals surface area contributed by atoms with Crippen molar-refractivity contribution in [3.8, 4) is 0 Å². The van der Waals surface area contributed by atoms with E-state index in [-0.39, 0.29) is 25.3 Å². The SMILES string of the molecule is CC(C)(C)OC(=O)N([N+](=O)[O-])[C@](O)(C(=O)O)C(N)CCCN=C(N)N. The molecule has 144 valence electrons. The molecule has 0 aliphatic rings. The maximum atomic E-state index is 12.0. The highest BCUT2D eigenvalue weighted by Crippen LogP contribution is 2.23. The molecule has 0 rings (SSSR count). The zero-order valence-electron chi connectivity index (χ0n) is 14.2. The quantitative estimate of drug-likeness (QED) is 0.0843. The van der Waals surface area contributed by atoms with Gasteiger partial charge >= 0.3 is 17.8 Å². The summed E-state index contributed by atoms with van der Waals surface area (Å²) < 4.78 is 4.78. The third kappa shape index (κ3) is 6.39. The largest absolute Gasteiger partial charge is 0.477 e. The number of ether oxygens (including phenoxy) is 1. The Hall–Kier alpha value is -2.67. The third-order valence-corrected chi connectivity index (χ3v) is 2.85. The molecule has 13 heteroatoms. The number of carbonyl (C=O) groups is 2. The predicted molar refractivity (Wildman–Crippen MR) is 85.5 cm³/mol. The Morgan fingerprint density at radius 1 is 1.36 bits per heavy atom. The summed E-state index contributed by atoms with van der Waals surface area (Å²) in [4.78, 5) is 38.3. The van der Waals surface area contributed by atoms with Crippen molar-refractivity contribution >= 4 is 18.0 Å². The minimum absolute atomic E-state index is 0.0522. The van der Waals surface area contributed by atoms with Crippen LogP contribution in [-0.4, -0.2) is 62.2 Å². The van der Waals surface area contributed by atoms with Gasteiger partial charge in [-0.2, -0.15) is 0 Å². The first-order chi connectivity index (χ1) is 11.2. The molecule has 0 aromatic carbocycles. The average Bonchev–Trinajstić information content (AvgIpc) is 2.40. The van der Waals surface area contributed by atoms with E-state index < -0.39 is 39.5 Å². The topological polar surface area (TPSA) is 221 Å². The lowest BCUT2D eigenvalue weighted by Gasteiger charge is -2.33. The predicted octanol–water partition coefficient (Wildman–Crippen LogP) is -1.43. The van der Waals surface area contributed by atoms with Gasteiger partial charge in [0.1, 0.15) is 5.60 Å². The molecule has 0 aliphatic carbocycles. The van der Waals surface area contributed by atoms with E-state index in [0.717, 1.165) is 0 Å². The Kier molecular flexibility index (Phi) is 7.53. The lowest BCUT2D eigenvalue weighted by molar-refractivity contribution is -0.664. The number of hydrazine groups is 1. The third-order valence-electron chi connectivity index (χ3n) is 2.85. The van der Waals surface area contributed by atoms with Crippen LogP contribution in [0.1, 0.15) is 33.6 Å². The highest BCUT2D eigenvalue weighted by molar-refractivity contribution is 5.82. The molecule has 0 bridgehead atoms. The Morgan fingerprint density at radius 2 is 1.88 bits per heavy atom. The summed E-state index contributed by atoms with van der Waals surface area (Å²) in [7, 11) is 0. The number of amides is 1. The van der Waals surface area contributed by atoms with Crippen LogP contribution in [0.2, 0.25) is 0 Å². The zero-order chi connectivity index (χ0) is 20.0. The lowest BCUT2D eigenvalue weighted by Crippen LogP contribution is -2.68. The van der Waals surface area contributed by atoms with E-state index in [0.29, 0.717) is 0 Å². The second-order valence-corrected chi connectivity index (χ2v) is 6.12. The molecule has 2 atom stereocenters. The molecule has 1 unspecified atom stereocenters. The first-order valence-electron chi connectivity index (χ1n) is 7.17. The number of carboxylic acids is 1. The number of aliphatic imine (C=N–C) groups is 1. The van der Waals surface area contributed by atoms with Crippen LogP contribution in [0, 0.1) is 10.1 Å². The average molecular weight is 364 g/mol. The van der Waals surface area contributed by atoms with E-state index in [1.54, 1.807) is 0 Å². The summed E-state index contributed by atoms with van der Waals surface area (Å²) in [5.74, 6) is -2.29. The van der Waals surface area contributed by atoms with Gasteiger partial charge in [-0.05, 0) is 33.6 Å². The summed E-state index contributed by atoms with van der Waals surface area (Å²) in [5.41, 5.74) is 11.4. The van der Waals surface area contributed by atoms with E-state index in [9.17, 15) is 29.9 Å². The van der Waals surface area contributed by atoms with Gasteiger partial charge in [-0.15, -0.1) is 0 Å². The van der Waals surface area contributed by atoms with Crippen molar-refractivity contribution < 1.29 is 29.6 Å². The number of nitrogens with zero attached hydrogens (tertiary/aromatic N) is 3. The zero-order valence-corrected chi connectivity index (χ0v) is 14.2. The Labute approximate surface area is 143 Å². The maximum Gasteiger partial charge on any atom is 0.472 e. The minimum atomic E-state index is -3.33. The minimum Gasteiger partial charge on any atom is -0.477 e. The fourth-order valence-corrected chi connectivity index (χ4v) is 1.76. The van der Waals surface area contributed by atoms with Crippen LogP contribution >= 0.6 is 0 Å². The molecule has 0 saturated heterocycles. The van der Waals surface area contributed by atoms with E-state index in [2.05, 4.69) is 4.99 Å². The number of carboxylic acid groups (broad SMARTS) is 1. The maximum absolute atomic E-state index is 12.0. The number of nitrogens with two attached hydrogens (primary N) is 3. The highest BCUT2D eigenvalue weighted by Gasteiger charge is 2.59. The smallest absolute Gasteiger partial charge is 0.472 e. The fraction of sp³-hybridized carbons (Fsp3) is 0.750. The van der Waals surface area contributed by atoms with Crippen molar-refractivity contribution in [3.63, 3.8) is 0 Å². The first-order valence-corrected chi connectivity index (χ1v) is 7.17. The summed E-state index contributed by atoms with van der Waals surface area (Å²) >= 11 is 0. The van der Waals surface area contributed by atoms with Crippen molar-refractivity contribution in [2.75, 3.05) is 6.54 Å². The number of aliphatic hydroxyl groups is 1. The normalized spacial score (nSPS) is 14.8. The summed E-state index contributed by atoms with van der Waals surface area (Å²) in [6.45, 7) is 4.30. The molecular weight excluding hydrogens is 340 g/mol. The molecule has 0 aromatic heterocycles. The fourth-order valence-electron chi connectivity index (χ4n) is 1.76. The molecule has 0 radical (unpaired) electrons. The van der Waals surface area contributed by atoms with Gasteiger partial charge in [-0.25, -0.2) is 19.7 Å². The van der Waals surface area contributed by atoms with E-state index in [1.807, 2.05) is 0 Å². The number of guanidine groups is 1. The van der Waals surface area contributed by atoms with Crippen LogP contribution in [-0.2, 0) is 9.53 Å². The van der Waals surface area contributed by atoms with Crippen LogP contribution in [0.4, 0.5) is 4.79 Å². The molecule has 0 heterocycles. The molecule has 1 amide bonds. The summed E-state index contributed by atoms with van der Waals surface area (Å²) in [6, 6.07) is -1.71. The number of hydrogen-bond donors (Lipinski definition) is 5. The molecule has 0 aliphatic heterocycles. The number of carbonyl (C=O) groups excluding carboxylic acids is 1. The molecule has 0 fully saturated rings. The molecule has 25 heavy (non-hydrogen) atoms. The van der Waals surface area contributed by atoms with Crippen molar-refractivity contribution in [2.45, 2.75) is 51.0 Å². The van der Waals surface area contributed by atoms with Crippen LogP contribution < -0.4 is 17.2 Å². The lowest BCUT2D eigenvalue weighted by atomic mass is 9.99. The molecular formula is C12H24N6O7. The van der Waals surface area contributed by atoms with Gasteiger partial charge in [0, 0.05) is 11.6 Å². The molecule has 0 saturated carbocycles. The van der Waals surface area contributed by atoms with Crippen LogP contribution in [0.5, 0.6) is 0 Å². The standard InChI is InChI=1S/C12H24N6O7/c1-11(2,3)25-10(21)17(18(23)24)12(22,8(19)20)7(13)5-4-6-16-9(14)15/h7,22H,4-6,13H2,1-3H3,(H,19,20)(H4,14,15,16)/t7?,12-/m1/s1. The molecule has 0 spiro atoms. The van der Waals surface area contributed by atoms with E-state index >= 15 is 0 Å². The van der Waals surface area contributed by atoms with Crippen LogP contribution in [0.15, 0.2) is 4.99 Å². The van der Waals surface area contributed by atoms with Gasteiger partial charge in [-0.1, -0.05) is 0 Å². The van der Waals surface area contributed by atoms with Gasteiger partial charge in [0.25, 0.3) is 0 Å². The number of nitro groups is 1.